The van der Waals surface area contributed by atoms with Crippen LogP contribution in [0, 0.1) is 0 Å². The number of halogens is 3. The molecule has 2 aromatic carbocycles. The number of H-pyrrole nitrogens is 1. The topological polar surface area (TPSA) is 37.9 Å². The van der Waals surface area contributed by atoms with Gasteiger partial charge in [0.15, 0.2) is 0 Å². The van der Waals surface area contributed by atoms with Gasteiger partial charge in [0.1, 0.15) is 17.1 Å². The smallest absolute Gasteiger partial charge is 0.420 e. The number of hydrogen-bond donors (Lipinski definition) is 1. The van der Waals surface area contributed by atoms with Gasteiger partial charge in [-0.3, -0.25) is 0 Å². The molecule has 0 atom stereocenters. The molecule has 3 aromatic rings. The second kappa shape index (κ2) is 4.56. The van der Waals surface area contributed by atoms with E-state index < -0.39 is 11.7 Å². The molecule has 0 fully saturated rings. The zero-order valence-corrected chi connectivity index (χ0v) is 10.1. The van der Waals surface area contributed by atoms with Crippen LogP contribution in [0.2, 0.25) is 0 Å². The fourth-order valence-electron chi connectivity index (χ4n) is 1.88. The van der Waals surface area contributed by atoms with Gasteiger partial charge in [-0.2, -0.15) is 13.2 Å². The van der Waals surface area contributed by atoms with Crippen LogP contribution in [-0.4, -0.2) is 9.97 Å². The lowest BCUT2D eigenvalue weighted by atomic mass is 10.1. The molecule has 0 spiro atoms. The fraction of sp³-hybridized carbons (Fsp3) is 0.0714. The third-order valence-electron chi connectivity index (χ3n) is 2.80. The molecule has 0 amide bonds. The predicted octanol–water partition coefficient (Wildman–Crippen LogP) is 4.37. The molecule has 0 aliphatic rings. The summed E-state index contributed by atoms with van der Waals surface area (Å²) in [5.74, 6) is 0.0798. The zero-order chi connectivity index (χ0) is 14.2. The summed E-state index contributed by atoms with van der Waals surface area (Å²) < 4.78 is 44.6. The second-order valence-electron chi connectivity index (χ2n) is 4.18. The highest BCUT2D eigenvalue weighted by atomic mass is 19.4. The Bertz CT molecular complexity index is 735. The molecule has 0 aliphatic heterocycles. The first-order valence-electron chi connectivity index (χ1n) is 5.81. The van der Waals surface area contributed by atoms with E-state index in [-0.39, 0.29) is 5.75 Å². The minimum Gasteiger partial charge on any atom is -0.457 e. The average molecular weight is 278 g/mol. The summed E-state index contributed by atoms with van der Waals surface area (Å²) in [6.07, 6.45) is -3.15. The molecule has 0 saturated carbocycles. The number of nitrogens with one attached hydrogen (secondary N) is 1. The second-order valence-corrected chi connectivity index (χ2v) is 4.18. The van der Waals surface area contributed by atoms with E-state index in [0.717, 1.165) is 6.07 Å². The van der Waals surface area contributed by atoms with E-state index in [1.54, 1.807) is 30.3 Å². The SMILES string of the molecule is FC(F)(F)c1cc2[nH]cnc2cc1Oc1ccccc1. The summed E-state index contributed by atoms with van der Waals surface area (Å²) in [5.41, 5.74) is -0.0974. The van der Waals surface area contributed by atoms with E-state index in [9.17, 15) is 13.2 Å². The summed E-state index contributed by atoms with van der Waals surface area (Å²) in [7, 11) is 0. The summed E-state index contributed by atoms with van der Waals surface area (Å²) in [6.45, 7) is 0. The Kier molecular flexibility index (Phi) is 2.85. The first-order chi connectivity index (χ1) is 9.54. The zero-order valence-electron chi connectivity index (χ0n) is 10.1. The largest absolute Gasteiger partial charge is 0.457 e. The molecule has 1 aromatic heterocycles. The van der Waals surface area contributed by atoms with Crippen molar-refractivity contribution in [2.45, 2.75) is 6.18 Å². The molecule has 0 unspecified atom stereocenters. The van der Waals surface area contributed by atoms with Gasteiger partial charge in [0.25, 0.3) is 0 Å². The number of aromatic amines is 1. The Balaban J connectivity index is 2.12. The van der Waals surface area contributed by atoms with Crippen LogP contribution in [-0.2, 0) is 6.18 Å². The van der Waals surface area contributed by atoms with E-state index >= 15 is 0 Å². The molecule has 3 nitrogen and oxygen atoms in total. The first kappa shape index (κ1) is 12.5. The lowest BCUT2D eigenvalue weighted by Crippen LogP contribution is -2.07. The first-order valence-corrected chi connectivity index (χ1v) is 5.81. The molecule has 0 saturated heterocycles. The van der Waals surface area contributed by atoms with Crippen molar-refractivity contribution >= 4 is 11.0 Å². The van der Waals surface area contributed by atoms with Crippen LogP contribution in [0.5, 0.6) is 11.5 Å². The van der Waals surface area contributed by atoms with Crippen molar-refractivity contribution in [2.24, 2.45) is 0 Å². The number of para-hydroxylation sites is 1. The van der Waals surface area contributed by atoms with Crippen molar-refractivity contribution in [2.75, 3.05) is 0 Å². The molecule has 3 rings (SSSR count). The molecule has 1 N–H and O–H groups in total. The van der Waals surface area contributed by atoms with Crippen molar-refractivity contribution < 1.29 is 17.9 Å². The normalized spacial score (nSPS) is 11.8. The number of alkyl halides is 3. The number of aromatic nitrogens is 2. The van der Waals surface area contributed by atoms with Gasteiger partial charge in [0.05, 0.1) is 17.4 Å². The molecular formula is C14H9F3N2O. The van der Waals surface area contributed by atoms with Crippen LogP contribution >= 0.6 is 0 Å². The maximum atomic E-state index is 13.1. The van der Waals surface area contributed by atoms with E-state index in [2.05, 4.69) is 9.97 Å². The van der Waals surface area contributed by atoms with Gasteiger partial charge in [-0.25, -0.2) is 4.98 Å². The number of benzene rings is 2. The van der Waals surface area contributed by atoms with Crippen molar-refractivity contribution in [3.63, 3.8) is 0 Å². The van der Waals surface area contributed by atoms with E-state index in [4.69, 9.17) is 4.74 Å². The van der Waals surface area contributed by atoms with Gasteiger partial charge in [0, 0.05) is 6.07 Å². The number of ether oxygens (including phenoxy) is 1. The monoisotopic (exact) mass is 278 g/mol. The van der Waals surface area contributed by atoms with Gasteiger partial charge < -0.3 is 9.72 Å². The van der Waals surface area contributed by atoms with Gasteiger partial charge in [0.2, 0.25) is 0 Å². The maximum Gasteiger partial charge on any atom is 0.420 e. The highest BCUT2D eigenvalue weighted by Gasteiger charge is 2.35. The molecule has 6 heteroatoms. The third-order valence-corrected chi connectivity index (χ3v) is 2.80. The highest BCUT2D eigenvalue weighted by Crippen LogP contribution is 2.39. The molecule has 0 radical (unpaired) electrons. The van der Waals surface area contributed by atoms with Gasteiger partial charge >= 0.3 is 6.18 Å². The van der Waals surface area contributed by atoms with Crippen LogP contribution < -0.4 is 4.74 Å². The maximum absolute atomic E-state index is 13.1. The van der Waals surface area contributed by atoms with Crippen LogP contribution in [0.3, 0.4) is 0 Å². The molecule has 0 aliphatic carbocycles. The predicted molar refractivity (Wildman–Crippen MR) is 67.6 cm³/mol. The quantitative estimate of drug-likeness (QED) is 0.755. The lowest BCUT2D eigenvalue weighted by Gasteiger charge is -2.13. The Morgan fingerprint density at radius 1 is 1.05 bits per heavy atom. The molecule has 20 heavy (non-hydrogen) atoms. The Labute approximate surface area is 112 Å². The molecule has 102 valence electrons. The summed E-state index contributed by atoms with van der Waals surface area (Å²) in [6, 6.07) is 10.6. The fourth-order valence-corrected chi connectivity index (χ4v) is 1.88. The lowest BCUT2D eigenvalue weighted by molar-refractivity contribution is -0.138. The van der Waals surface area contributed by atoms with E-state index in [1.165, 1.54) is 12.4 Å². The van der Waals surface area contributed by atoms with Gasteiger partial charge in [-0.05, 0) is 18.2 Å². The third kappa shape index (κ3) is 2.32. The van der Waals surface area contributed by atoms with Crippen molar-refractivity contribution in [1.82, 2.24) is 9.97 Å². The number of hydrogen-bond acceptors (Lipinski definition) is 2. The van der Waals surface area contributed by atoms with Gasteiger partial charge in [-0.15, -0.1) is 0 Å². The number of rotatable bonds is 2. The van der Waals surface area contributed by atoms with Crippen molar-refractivity contribution in [3.05, 3.63) is 54.4 Å². The Hall–Kier alpha value is -2.50. The molecule has 0 bridgehead atoms. The van der Waals surface area contributed by atoms with Crippen LogP contribution in [0.25, 0.3) is 11.0 Å². The number of imidazole rings is 1. The minimum absolute atomic E-state index is 0.261. The van der Waals surface area contributed by atoms with E-state index in [1.807, 2.05) is 0 Å². The number of nitrogens with zero attached hydrogens (tertiary/aromatic N) is 1. The molecule has 1 heterocycles. The van der Waals surface area contributed by atoms with Crippen molar-refractivity contribution in [1.29, 1.82) is 0 Å². The van der Waals surface area contributed by atoms with Crippen LogP contribution in [0.1, 0.15) is 5.56 Å². The average Bonchev–Trinajstić information content (AvgIpc) is 2.85. The van der Waals surface area contributed by atoms with E-state index in [0.29, 0.717) is 16.8 Å². The molecular weight excluding hydrogens is 269 g/mol. The van der Waals surface area contributed by atoms with Crippen LogP contribution in [0.4, 0.5) is 13.2 Å². The Morgan fingerprint density at radius 2 is 1.80 bits per heavy atom. The number of fused-ring (bicyclic) bond motifs is 1. The Morgan fingerprint density at radius 3 is 2.50 bits per heavy atom. The summed E-state index contributed by atoms with van der Waals surface area (Å²) >= 11 is 0. The minimum atomic E-state index is -4.50. The highest BCUT2D eigenvalue weighted by molar-refractivity contribution is 5.78. The van der Waals surface area contributed by atoms with Crippen LogP contribution in [0.15, 0.2) is 48.8 Å². The van der Waals surface area contributed by atoms with Gasteiger partial charge in [-0.1, -0.05) is 18.2 Å². The van der Waals surface area contributed by atoms with Crippen molar-refractivity contribution in [3.8, 4) is 11.5 Å². The summed E-state index contributed by atoms with van der Waals surface area (Å²) in [4.78, 5) is 6.60. The standard InChI is InChI=1S/C14H9F3N2O/c15-14(16,17)10-6-11-12(19-8-18-11)7-13(10)20-9-4-2-1-3-5-9/h1-8H,(H,18,19). The summed E-state index contributed by atoms with van der Waals surface area (Å²) in [5, 5.41) is 0.